The molecule has 0 fully saturated rings. The molecule has 0 aliphatic rings. The number of alkyl halides is 1. The van der Waals surface area contributed by atoms with E-state index in [0.717, 1.165) is 30.8 Å². The Kier molecular flexibility index (Phi) is 7.41. The van der Waals surface area contributed by atoms with Gasteiger partial charge in [0.25, 0.3) is 0 Å². The van der Waals surface area contributed by atoms with Gasteiger partial charge in [0, 0.05) is 31.4 Å². The van der Waals surface area contributed by atoms with E-state index in [1.165, 1.54) is 6.92 Å². The van der Waals surface area contributed by atoms with E-state index >= 15 is 0 Å². The zero-order valence-corrected chi connectivity index (χ0v) is 12.9. The van der Waals surface area contributed by atoms with Crippen molar-refractivity contribution < 1.29 is 9.90 Å². The SMILES string of the molecule is CCCCN(CC(O)CCl)c1cccc(NC(C)=O)c1. The Labute approximate surface area is 125 Å². The number of carbonyl (C=O) groups is 1. The lowest BCUT2D eigenvalue weighted by Gasteiger charge is -2.27. The van der Waals surface area contributed by atoms with Gasteiger partial charge in [-0.2, -0.15) is 0 Å². The summed E-state index contributed by atoms with van der Waals surface area (Å²) in [5.41, 5.74) is 1.74. The molecule has 0 aromatic heterocycles. The fourth-order valence-corrected chi connectivity index (χ4v) is 2.06. The summed E-state index contributed by atoms with van der Waals surface area (Å²) in [4.78, 5) is 13.2. The molecular formula is C15H23ClN2O2. The first-order valence-electron chi connectivity index (χ1n) is 6.93. The molecule has 0 saturated carbocycles. The second-order valence-electron chi connectivity index (χ2n) is 4.84. The Hall–Kier alpha value is -1.26. The number of rotatable bonds is 8. The average molecular weight is 299 g/mol. The normalized spacial score (nSPS) is 12.0. The molecule has 0 saturated heterocycles. The average Bonchev–Trinajstić information content (AvgIpc) is 2.42. The maximum absolute atomic E-state index is 11.1. The van der Waals surface area contributed by atoms with Crippen molar-refractivity contribution in [2.75, 3.05) is 29.2 Å². The summed E-state index contributed by atoms with van der Waals surface area (Å²) < 4.78 is 0. The van der Waals surface area contributed by atoms with Gasteiger partial charge in [0.2, 0.25) is 5.91 Å². The number of hydrogen-bond donors (Lipinski definition) is 2. The number of aliphatic hydroxyl groups excluding tert-OH is 1. The van der Waals surface area contributed by atoms with Gasteiger partial charge in [0.15, 0.2) is 0 Å². The number of aliphatic hydroxyl groups is 1. The highest BCUT2D eigenvalue weighted by Crippen LogP contribution is 2.20. The molecule has 1 unspecified atom stereocenters. The van der Waals surface area contributed by atoms with Crippen molar-refractivity contribution in [3.63, 3.8) is 0 Å². The molecule has 0 heterocycles. The molecule has 1 rings (SSSR count). The second-order valence-corrected chi connectivity index (χ2v) is 5.15. The highest BCUT2D eigenvalue weighted by atomic mass is 35.5. The quantitative estimate of drug-likeness (QED) is 0.726. The van der Waals surface area contributed by atoms with Crippen LogP contribution < -0.4 is 10.2 Å². The Morgan fingerprint density at radius 3 is 2.85 bits per heavy atom. The van der Waals surface area contributed by atoms with Crippen molar-refractivity contribution in [2.45, 2.75) is 32.8 Å². The fourth-order valence-electron chi connectivity index (χ4n) is 1.96. The molecule has 2 N–H and O–H groups in total. The van der Waals surface area contributed by atoms with Gasteiger partial charge in [-0.05, 0) is 24.6 Å². The summed E-state index contributed by atoms with van der Waals surface area (Å²) >= 11 is 5.68. The summed E-state index contributed by atoms with van der Waals surface area (Å²) in [5, 5.41) is 12.5. The van der Waals surface area contributed by atoms with Crippen LogP contribution in [0.25, 0.3) is 0 Å². The van der Waals surface area contributed by atoms with Gasteiger partial charge in [-0.15, -0.1) is 11.6 Å². The number of nitrogens with zero attached hydrogens (tertiary/aromatic N) is 1. The lowest BCUT2D eigenvalue weighted by Crippen LogP contribution is -2.34. The number of unbranched alkanes of at least 4 members (excludes halogenated alkanes) is 1. The van der Waals surface area contributed by atoms with Gasteiger partial charge in [-0.1, -0.05) is 19.4 Å². The first-order chi connectivity index (χ1) is 9.56. The smallest absolute Gasteiger partial charge is 0.221 e. The molecule has 5 heteroatoms. The van der Waals surface area contributed by atoms with Crippen LogP contribution >= 0.6 is 11.6 Å². The molecular weight excluding hydrogens is 276 g/mol. The predicted molar refractivity (Wildman–Crippen MR) is 84.6 cm³/mol. The highest BCUT2D eigenvalue weighted by Gasteiger charge is 2.12. The maximum Gasteiger partial charge on any atom is 0.221 e. The first kappa shape index (κ1) is 16.8. The minimum absolute atomic E-state index is 0.0944. The van der Waals surface area contributed by atoms with Gasteiger partial charge >= 0.3 is 0 Å². The van der Waals surface area contributed by atoms with Crippen LogP contribution in [-0.4, -0.2) is 36.1 Å². The van der Waals surface area contributed by atoms with E-state index in [4.69, 9.17) is 11.6 Å². The lowest BCUT2D eigenvalue weighted by atomic mass is 10.2. The molecule has 0 spiro atoms. The standard InChI is InChI=1S/C15H23ClN2O2/c1-3-4-8-18(11-15(20)10-16)14-7-5-6-13(9-14)17-12(2)19/h5-7,9,15,20H,3-4,8,10-11H2,1-2H3,(H,17,19). The van der Waals surface area contributed by atoms with E-state index in [1.54, 1.807) is 0 Å². The molecule has 4 nitrogen and oxygen atoms in total. The molecule has 0 radical (unpaired) electrons. The van der Waals surface area contributed by atoms with E-state index in [9.17, 15) is 9.90 Å². The van der Waals surface area contributed by atoms with Gasteiger partial charge in [-0.25, -0.2) is 0 Å². The topological polar surface area (TPSA) is 52.6 Å². The Balaban J connectivity index is 2.85. The summed E-state index contributed by atoms with van der Waals surface area (Å²) in [6.07, 6.45) is 1.57. The van der Waals surface area contributed by atoms with Gasteiger partial charge in [-0.3, -0.25) is 4.79 Å². The lowest BCUT2D eigenvalue weighted by molar-refractivity contribution is -0.114. The maximum atomic E-state index is 11.1. The van der Waals surface area contributed by atoms with Crippen molar-refractivity contribution in [3.8, 4) is 0 Å². The molecule has 1 aromatic rings. The molecule has 112 valence electrons. The number of carbonyl (C=O) groups excluding carboxylic acids is 1. The predicted octanol–water partition coefficient (Wildman–Crippen LogP) is 2.85. The molecule has 1 aromatic carbocycles. The molecule has 20 heavy (non-hydrogen) atoms. The zero-order chi connectivity index (χ0) is 15.0. The number of benzene rings is 1. The highest BCUT2D eigenvalue weighted by molar-refractivity contribution is 6.18. The van der Waals surface area contributed by atoms with E-state index in [1.807, 2.05) is 24.3 Å². The summed E-state index contributed by atoms with van der Waals surface area (Å²) in [6.45, 7) is 4.96. The van der Waals surface area contributed by atoms with Crippen molar-refractivity contribution in [1.82, 2.24) is 0 Å². The van der Waals surface area contributed by atoms with Gasteiger partial charge in [0.05, 0.1) is 12.0 Å². The van der Waals surface area contributed by atoms with Gasteiger partial charge < -0.3 is 15.3 Å². The number of amides is 1. The Morgan fingerprint density at radius 1 is 1.50 bits per heavy atom. The van der Waals surface area contributed by atoms with E-state index in [2.05, 4.69) is 17.1 Å². The number of halogens is 1. The van der Waals surface area contributed by atoms with Crippen LogP contribution in [0.1, 0.15) is 26.7 Å². The second kappa shape index (κ2) is 8.82. The molecule has 1 amide bonds. The third-order valence-corrected chi connectivity index (χ3v) is 3.28. The Bertz CT molecular complexity index is 426. The van der Waals surface area contributed by atoms with Gasteiger partial charge in [0.1, 0.15) is 0 Å². The van der Waals surface area contributed by atoms with Crippen molar-refractivity contribution in [2.24, 2.45) is 0 Å². The Morgan fingerprint density at radius 2 is 2.25 bits per heavy atom. The van der Waals surface area contributed by atoms with Crippen LogP contribution in [0.5, 0.6) is 0 Å². The van der Waals surface area contributed by atoms with Crippen LogP contribution in [-0.2, 0) is 4.79 Å². The van der Waals surface area contributed by atoms with E-state index in [0.29, 0.717) is 6.54 Å². The fraction of sp³-hybridized carbons (Fsp3) is 0.533. The van der Waals surface area contributed by atoms with Crippen LogP contribution in [0.15, 0.2) is 24.3 Å². The summed E-state index contributed by atoms with van der Waals surface area (Å²) in [6, 6.07) is 7.63. The van der Waals surface area contributed by atoms with E-state index < -0.39 is 6.10 Å². The number of nitrogens with one attached hydrogen (secondary N) is 1. The van der Waals surface area contributed by atoms with Crippen LogP contribution in [0.3, 0.4) is 0 Å². The number of anilines is 2. The van der Waals surface area contributed by atoms with Crippen LogP contribution in [0, 0.1) is 0 Å². The van der Waals surface area contributed by atoms with Crippen molar-refractivity contribution in [1.29, 1.82) is 0 Å². The van der Waals surface area contributed by atoms with Crippen molar-refractivity contribution in [3.05, 3.63) is 24.3 Å². The first-order valence-corrected chi connectivity index (χ1v) is 7.47. The third-order valence-electron chi connectivity index (χ3n) is 2.92. The zero-order valence-electron chi connectivity index (χ0n) is 12.1. The summed E-state index contributed by atoms with van der Waals surface area (Å²) in [5.74, 6) is 0.122. The van der Waals surface area contributed by atoms with E-state index in [-0.39, 0.29) is 11.8 Å². The largest absolute Gasteiger partial charge is 0.390 e. The molecule has 0 aliphatic carbocycles. The van der Waals surface area contributed by atoms with Crippen LogP contribution in [0.4, 0.5) is 11.4 Å². The van der Waals surface area contributed by atoms with Crippen LogP contribution in [0.2, 0.25) is 0 Å². The molecule has 1 atom stereocenters. The van der Waals surface area contributed by atoms with Crippen molar-refractivity contribution >= 4 is 28.9 Å². The minimum Gasteiger partial charge on any atom is -0.390 e. The third kappa shape index (κ3) is 5.80. The number of hydrogen-bond acceptors (Lipinski definition) is 3. The summed E-state index contributed by atoms with van der Waals surface area (Å²) in [7, 11) is 0. The molecule has 0 aliphatic heterocycles. The monoisotopic (exact) mass is 298 g/mol. The minimum atomic E-state index is -0.557. The molecule has 0 bridgehead atoms.